The second-order valence-electron chi connectivity index (χ2n) is 9.20. The number of aliphatic hydroxyl groups excluding tert-OH is 1. The minimum Gasteiger partial charge on any atom is -0.436 e. The monoisotopic (exact) mass is 408 g/mol. The average Bonchev–Trinajstić information content (AvgIpc) is 2.49. The molecule has 26 heavy (non-hydrogen) atoms. The Morgan fingerprint density at radius 2 is 1.65 bits per heavy atom. The molecule has 158 valence electrons. The summed E-state index contributed by atoms with van der Waals surface area (Å²) in [5, 5.41) is 10.3. The Bertz CT molecular complexity index is 365. The van der Waals surface area contributed by atoms with Gasteiger partial charge in [-0.1, -0.05) is 19.8 Å². The first-order valence-electron chi connectivity index (χ1n) is 10.3. The minimum atomic E-state index is -1.96. The van der Waals surface area contributed by atoms with Crippen molar-refractivity contribution in [2.75, 3.05) is 47.5 Å². The van der Waals surface area contributed by atoms with Crippen LogP contribution in [0.3, 0.4) is 0 Å². The Morgan fingerprint density at radius 1 is 1.00 bits per heavy atom. The van der Waals surface area contributed by atoms with Gasteiger partial charge in [0.05, 0.1) is 27.2 Å². The van der Waals surface area contributed by atoms with Gasteiger partial charge in [0.1, 0.15) is 12.6 Å². The SMILES string of the molecule is CCCCCC[N+](C)(C)CC(O)COCCC[Si](C)(C)O[Si](C)(C)OC. The molecule has 0 aliphatic heterocycles. The number of aliphatic hydroxyl groups is 1. The van der Waals surface area contributed by atoms with Gasteiger partial charge >= 0.3 is 8.56 Å². The highest BCUT2D eigenvalue weighted by molar-refractivity contribution is 6.82. The topological polar surface area (TPSA) is 47.9 Å². The molecule has 7 heteroatoms. The van der Waals surface area contributed by atoms with E-state index in [0.29, 0.717) is 13.2 Å². The fourth-order valence-electron chi connectivity index (χ4n) is 3.26. The number of rotatable bonds is 16. The first-order valence-corrected chi connectivity index (χ1v) is 16.2. The smallest absolute Gasteiger partial charge is 0.321 e. The predicted octanol–water partition coefficient (Wildman–Crippen LogP) is 3.98. The number of ether oxygens (including phenoxy) is 1. The molecular weight excluding hydrogens is 362 g/mol. The van der Waals surface area contributed by atoms with E-state index in [2.05, 4.69) is 47.2 Å². The number of unbranched alkanes of at least 4 members (excludes halogenated alkanes) is 3. The number of hydrogen-bond acceptors (Lipinski definition) is 4. The first kappa shape index (κ1) is 26.2. The largest absolute Gasteiger partial charge is 0.436 e. The van der Waals surface area contributed by atoms with E-state index in [4.69, 9.17) is 13.3 Å². The highest BCUT2D eigenvalue weighted by Gasteiger charge is 2.33. The van der Waals surface area contributed by atoms with E-state index in [-0.39, 0.29) is 0 Å². The highest BCUT2D eigenvalue weighted by atomic mass is 28.4. The van der Waals surface area contributed by atoms with Crippen molar-refractivity contribution in [2.45, 2.75) is 77.4 Å². The second-order valence-corrected chi connectivity index (χ2v) is 17.2. The molecule has 0 aliphatic carbocycles. The quantitative estimate of drug-likeness (QED) is 0.238. The van der Waals surface area contributed by atoms with E-state index >= 15 is 0 Å². The molecule has 1 unspecified atom stereocenters. The van der Waals surface area contributed by atoms with Gasteiger partial charge in [0, 0.05) is 13.7 Å². The molecule has 0 aromatic carbocycles. The molecule has 0 amide bonds. The molecule has 0 aromatic heterocycles. The molecule has 0 heterocycles. The van der Waals surface area contributed by atoms with Crippen molar-refractivity contribution in [3.05, 3.63) is 0 Å². The van der Waals surface area contributed by atoms with Crippen LogP contribution < -0.4 is 0 Å². The van der Waals surface area contributed by atoms with Gasteiger partial charge in [-0.2, -0.15) is 0 Å². The van der Waals surface area contributed by atoms with Crippen LogP contribution in [-0.4, -0.2) is 80.1 Å². The molecule has 0 aliphatic rings. The summed E-state index contributed by atoms with van der Waals surface area (Å²) in [6.07, 6.45) is 5.68. The molecule has 0 rings (SSSR count). The highest BCUT2D eigenvalue weighted by Crippen LogP contribution is 2.20. The van der Waals surface area contributed by atoms with E-state index in [1.165, 1.54) is 25.7 Å². The maximum atomic E-state index is 10.3. The van der Waals surface area contributed by atoms with E-state index in [1.807, 2.05) is 0 Å². The number of nitrogens with zero attached hydrogens (tertiary/aromatic N) is 1. The summed E-state index contributed by atoms with van der Waals surface area (Å²) in [5.41, 5.74) is 0. The van der Waals surface area contributed by atoms with Crippen LogP contribution in [-0.2, 0) is 13.3 Å². The molecule has 5 nitrogen and oxygen atoms in total. The molecule has 0 spiro atoms. The van der Waals surface area contributed by atoms with Crippen molar-refractivity contribution >= 4 is 16.9 Å². The molecule has 1 N–H and O–H groups in total. The van der Waals surface area contributed by atoms with Crippen molar-refractivity contribution in [1.82, 2.24) is 0 Å². The van der Waals surface area contributed by atoms with E-state index in [9.17, 15) is 5.11 Å². The van der Waals surface area contributed by atoms with Gasteiger partial charge in [0.25, 0.3) is 0 Å². The Hall–Kier alpha value is 0.234. The first-order chi connectivity index (χ1) is 11.9. The summed E-state index contributed by atoms with van der Waals surface area (Å²) in [6.45, 7) is 13.9. The Labute approximate surface area is 165 Å². The lowest BCUT2D eigenvalue weighted by molar-refractivity contribution is -0.893. The fourth-order valence-corrected chi connectivity index (χ4v) is 10.3. The molecule has 0 aromatic rings. The number of hydrogen-bond donors (Lipinski definition) is 1. The lowest BCUT2D eigenvalue weighted by Gasteiger charge is -2.32. The minimum absolute atomic E-state index is 0.391. The standard InChI is InChI=1S/C19H46NO4Si2/c1-9-10-11-12-14-20(2,3)17-19(21)18-23-15-13-16-25(5,6)24-26(7,8)22-4/h19,21H,9-18H2,1-8H3/q+1. The zero-order valence-electron chi connectivity index (χ0n) is 18.8. The van der Waals surface area contributed by atoms with Gasteiger partial charge < -0.3 is 22.9 Å². The normalized spacial score (nSPS) is 14.7. The third-order valence-electron chi connectivity index (χ3n) is 4.71. The van der Waals surface area contributed by atoms with Crippen molar-refractivity contribution in [3.8, 4) is 0 Å². The van der Waals surface area contributed by atoms with Crippen molar-refractivity contribution < 1.29 is 22.9 Å². The molecule has 0 bridgehead atoms. The Kier molecular flexibility index (Phi) is 12.8. The molecular formula is C19H46NO4Si2+. The summed E-state index contributed by atoms with van der Waals surface area (Å²) in [5.74, 6) is 0. The molecule has 0 saturated carbocycles. The maximum absolute atomic E-state index is 10.3. The van der Waals surface area contributed by atoms with Gasteiger partial charge in [0.15, 0.2) is 8.32 Å². The van der Waals surface area contributed by atoms with Gasteiger partial charge in [-0.3, -0.25) is 0 Å². The van der Waals surface area contributed by atoms with Gasteiger partial charge in [-0.15, -0.1) is 0 Å². The van der Waals surface area contributed by atoms with Gasteiger partial charge in [-0.05, 0) is 51.5 Å². The number of quaternary nitrogens is 1. The van der Waals surface area contributed by atoms with Crippen molar-refractivity contribution in [2.24, 2.45) is 0 Å². The van der Waals surface area contributed by atoms with Crippen LogP contribution in [0.4, 0.5) is 0 Å². The van der Waals surface area contributed by atoms with Crippen LogP contribution in [0.1, 0.15) is 39.0 Å². The zero-order valence-corrected chi connectivity index (χ0v) is 20.8. The van der Waals surface area contributed by atoms with Crippen LogP contribution in [0, 0.1) is 0 Å². The lowest BCUT2D eigenvalue weighted by atomic mass is 10.2. The second kappa shape index (κ2) is 12.6. The Balaban J connectivity index is 3.92. The van der Waals surface area contributed by atoms with Crippen molar-refractivity contribution in [1.29, 1.82) is 0 Å². The zero-order chi connectivity index (χ0) is 20.3. The van der Waals surface area contributed by atoms with Crippen LogP contribution in [0.25, 0.3) is 0 Å². The summed E-state index contributed by atoms with van der Waals surface area (Å²) < 4.78 is 18.4. The van der Waals surface area contributed by atoms with Crippen molar-refractivity contribution in [3.63, 3.8) is 0 Å². The maximum Gasteiger partial charge on any atom is 0.321 e. The third kappa shape index (κ3) is 14.3. The average molecular weight is 409 g/mol. The molecule has 0 fully saturated rings. The fraction of sp³-hybridized carbons (Fsp3) is 1.00. The van der Waals surface area contributed by atoms with E-state index < -0.39 is 23.0 Å². The summed E-state index contributed by atoms with van der Waals surface area (Å²) in [4.78, 5) is 0. The van der Waals surface area contributed by atoms with E-state index in [0.717, 1.165) is 30.0 Å². The summed E-state index contributed by atoms with van der Waals surface area (Å²) >= 11 is 0. The van der Waals surface area contributed by atoms with Crippen LogP contribution in [0.5, 0.6) is 0 Å². The van der Waals surface area contributed by atoms with Crippen LogP contribution >= 0.6 is 0 Å². The molecule has 0 radical (unpaired) electrons. The molecule has 0 saturated heterocycles. The van der Waals surface area contributed by atoms with Gasteiger partial charge in [-0.25, -0.2) is 0 Å². The van der Waals surface area contributed by atoms with Crippen LogP contribution in [0.2, 0.25) is 32.2 Å². The van der Waals surface area contributed by atoms with Gasteiger partial charge in [0.2, 0.25) is 0 Å². The summed E-state index contributed by atoms with van der Waals surface area (Å²) in [6, 6.07) is 1.06. The van der Waals surface area contributed by atoms with E-state index in [1.54, 1.807) is 7.11 Å². The molecule has 1 atom stereocenters. The predicted molar refractivity (Wildman–Crippen MR) is 115 cm³/mol. The number of likely N-dealkylation sites (N-methyl/N-ethyl adjacent to an activating group) is 1. The van der Waals surface area contributed by atoms with Crippen LogP contribution in [0.15, 0.2) is 0 Å². The summed E-state index contributed by atoms with van der Waals surface area (Å²) in [7, 11) is 2.46. The lowest BCUT2D eigenvalue weighted by Crippen LogP contribution is -2.47. The third-order valence-corrected chi connectivity index (χ3v) is 11.4. The Morgan fingerprint density at radius 3 is 2.23 bits per heavy atom.